The van der Waals surface area contributed by atoms with E-state index in [1.807, 2.05) is 37.3 Å². The Labute approximate surface area is 209 Å². The Kier molecular flexibility index (Phi) is 7.33. The van der Waals surface area contributed by atoms with Gasteiger partial charge in [-0.2, -0.15) is 0 Å². The quantitative estimate of drug-likeness (QED) is 0.319. The molecule has 0 saturated carbocycles. The summed E-state index contributed by atoms with van der Waals surface area (Å²) in [6.07, 6.45) is 3.94. The number of carbonyl (C=O) groups is 2. The molecular weight excluding hydrogens is 478 g/mol. The van der Waals surface area contributed by atoms with Gasteiger partial charge < -0.3 is 15.1 Å². The van der Waals surface area contributed by atoms with Gasteiger partial charge in [0.2, 0.25) is 10.0 Å². The molecule has 0 aliphatic heterocycles. The lowest BCUT2D eigenvalue weighted by Gasteiger charge is -2.11. The van der Waals surface area contributed by atoms with Gasteiger partial charge in [0.1, 0.15) is 6.26 Å². The Morgan fingerprint density at radius 2 is 1.44 bits per heavy atom. The van der Waals surface area contributed by atoms with Crippen LogP contribution in [0.15, 0.2) is 89.7 Å². The molecule has 3 N–H and O–H groups in total. The maximum Gasteiger partial charge on any atom is 0.258 e. The third-order valence-electron chi connectivity index (χ3n) is 5.49. The van der Waals surface area contributed by atoms with Gasteiger partial charge in [0.25, 0.3) is 11.8 Å². The number of nitrogens with one attached hydrogen (secondary N) is 3. The number of benzene rings is 3. The second-order valence-electron chi connectivity index (χ2n) is 8.32. The van der Waals surface area contributed by atoms with E-state index in [0.717, 1.165) is 28.5 Å². The molecule has 4 rings (SSSR count). The number of sulfonamides is 1. The van der Waals surface area contributed by atoms with Crippen LogP contribution in [0.25, 0.3) is 11.1 Å². The van der Waals surface area contributed by atoms with E-state index in [1.165, 1.54) is 12.5 Å². The smallest absolute Gasteiger partial charge is 0.258 e. The molecule has 0 aliphatic carbocycles. The number of amides is 2. The lowest BCUT2D eigenvalue weighted by Crippen LogP contribution is -2.21. The number of furan rings is 1. The minimum Gasteiger partial charge on any atom is -0.472 e. The molecule has 0 spiro atoms. The summed E-state index contributed by atoms with van der Waals surface area (Å²) >= 11 is 0. The molecule has 1 heterocycles. The highest BCUT2D eigenvalue weighted by Gasteiger charge is 2.11. The summed E-state index contributed by atoms with van der Waals surface area (Å²) < 4.78 is 29.8. The molecule has 3 aromatic carbocycles. The van der Waals surface area contributed by atoms with Crippen molar-refractivity contribution in [1.29, 1.82) is 0 Å². The third kappa shape index (κ3) is 6.47. The standard InChI is InChI=1S/C27H25N3O5S/c1-18-3-10-24(30-27(32)22-13-14-35-17-22)15-25(18)20-6-8-21(9-7-20)26(31)29-23-11-4-19(5-12-23)16-28-36(2,33)34/h3-15,17,28H,16H2,1-2H3,(H,29,31)(H,30,32). The van der Waals surface area contributed by atoms with Crippen molar-refractivity contribution in [3.63, 3.8) is 0 Å². The zero-order chi connectivity index (χ0) is 25.7. The fourth-order valence-electron chi connectivity index (χ4n) is 3.53. The van der Waals surface area contributed by atoms with Crippen LogP contribution in [-0.2, 0) is 16.6 Å². The summed E-state index contributed by atoms with van der Waals surface area (Å²) in [7, 11) is -3.27. The predicted molar refractivity (Wildman–Crippen MR) is 139 cm³/mol. The van der Waals surface area contributed by atoms with E-state index in [1.54, 1.807) is 42.5 Å². The van der Waals surface area contributed by atoms with E-state index in [4.69, 9.17) is 4.42 Å². The van der Waals surface area contributed by atoms with Crippen molar-refractivity contribution in [2.45, 2.75) is 13.5 Å². The predicted octanol–water partition coefficient (Wildman–Crippen LogP) is 4.81. The SMILES string of the molecule is Cc1ccc(NC(=O)c2ccoc2)cc1-c1ccc(C(=O)Nc2ccc(CNS(C)(=O)=O)cc2)cc1. The van der Waals surface area contributed by atoms with Gasteiger partial charge in [-0.15, -0.1) is 0 Å². The van der Waals surface area contributed by atoms with E-state index >= 15 is 0 Å². The first-order valence-corrected chi connectivity index (χ1v) is 13.0. The summed E-state index contributed by atoms with van der Waals surface area (Å²) in [6, 6.07) is 21.4. The Balaban J connectivity index is 1.42. The fraction of sp³-hybridized carbons (Fsp3) is 0.111. The first-order valence-electron chi connectivity index (χ1n) is 11.1. The number of carbonyl (C=O) groups excluding carboxylic acids is 2. The Morgan fingerprint density at radius 1 is 0.806 bits per heavy atom. The fourth-order valence-corrected chi connectivity index (χ4v) is 3.96. The molecule has 0 atom stereocenters. The molecule has 0 unspecified atom stereocenters. The second-order valence-corrected chi connectivity index (χ2v) is 10.2. The number of anilines is 2. The van der Waals surface area contributed by atoms with Crippen LogP contribution in [0.1, 0.15) is 31.8 Å². The number of hydrogen-bond acceptors (Lipinski definition) is 5. The Hall–Kier alpha value is -4.21. The molecule has 0 fully saturated rings. The molecule has 36 heavy (non-hydrogen) atoms. The highest BCUT2D eigenvalue weighted by atomic mass is 32.2. The number of rotatable bonds is 8. The minimum atomic E-state index is -3.27. The topological polar surface area (TPSA) is 118 Å². The highest BCUT2D eigenvalue weighted by molar-refractivity contribution is 7.88. The molecule has 1 aromatic heterocycles. The molecule has 0 aliphatic rings. The maximum absolute atomic E-state index is 12.7. The summed E-state index contributed by atoms with van der Waals surface area (Å²) in [5.74, 6) is -0.522. The summed E-state index contributed by atoms with van der Waals surface area (Å²) in [6.45, 7) is 2.16. The van der Waals surface area contributed by atoms with Crippen molar-refractivity contribution < 1.29 is 22.4 Å². The molecule has 0 saturated heterocycles. The molecule has 8 nitrogen and oxygen atoms in total. The van der Waals surface area contributed by atoms with Crippen molar-refractivity contribution in [2.24, 2.45) is 0 Å². The van der Waals surface area contributed by atoms with E-state index in [9.17, 15) is 18.0 Å². The first-order chi connectivity index (χ1) is 17.2. The van der Waals surface area contributed by atoms with Crippen molar-refractivity contribution >= 4 is 33.2 Å². The summed E-state index contributed by atoms with van der Waals surface area (Å²) in [5.41, 5.74) is 5.83. The van der Waals surface area contributed by atoms with Gasteiger partial charge in [0.15, 0.2) is 0 Å². The van der Waals surface area contributed by atoms with Gasteiger partial charge in [0, 0.05) is 23.5 Å². The largest absolute Gasteiger partial charge is 0.472 e. The minimum absolute atomic E-state index is 0.183. The molecule has 9 heteroatoms. The normalized spacial score (nSPS) is 11.2. The second kappa shape index (κ2) is 10.6. The molecule has 2 amide bonds. The average molecular weight is 504 g/mol. The summed E-state index contributed by atoms with van der Waals surface area (Å²) in [4.78, 5) is 25.0. The van der Waals surface area contributed by atoms with E-state index in [2.05, 4.69) is 15.4 Å². The van der Waals surface area contributed by atoms with Crippen molar-refractivity contribution in [3.05, 3.63) is 108 Å². The van der Waals surface area contributed by atoms with Crippen LogP contribution in [0.5, 0.6) is 0 Å². The van der Waals surface area contributed by atoms with Crippen LogP contribution in [0.2, 0.25) is 0 Å². The molecule has 4 aromatic rings. The first kappa shape index (κ1) is 24.9. The monoisotopic (exact) mass is 503 g/mol. The van der Waals surface area contributed by atoms with Gasteiger partial charge in [-0.1, -0.05) is 30.3 Å². The molecule has 184 valence electrons. The van der Waals surface area contributed by atoms with Crippen LogP contribution in [0.3, 0.4) is 0 Å². The van der Waals surface area contributed by atoms with Gasteiger partial charge in [-0.25, -0.2) is 13.1 Å². The van der Waals surface area contributed by atoms with Gasteiger partial charge in [-0.3, -0.25) is 9.59 Å². The van der Waals surface area contributed by atoms with Crippen LogP contribution >= 0.6 is 0 Å². The summed E-state index contributed by atoms with van der Waals surface area (Å²) in [5, 5.41) is 5.70. The van der Waals surface area contributed by atoms with E-state index in [-0.39, 0.29) is 18.4 Å². The van der Waals surface area contributed by atoms with E-state index < -0.39 is 10.0 Å². The maximum atomic E-state index is 12.7. The van der Waals surface area contributed by atoms with Crippen molar-refractivity contribution in [2.75, 3.05) is 16.9 Å². The molecular formula is C27H25N3O5S. The van der Waals surface area contributed by atoms with Gasteiger partial charge in [0.05, 0.1) is 18.1 Å². The van der Waals surface area contributed by atoms with Gasteiger partial charge >= 0.3 is 0 Å². The molecule has 0 bridgehead atoms. The Morgan fingerprint density at radius 3 is 2.08 bits per heavy atom. The van der Waals surface area contributed by atoms with Gasteiger partial charge in [-0.05, 0) is 71.6 Å². The van der Waals surface area contributed by atoms with Crippen LogP contribution < -0.4 is 15.4 Å². The lowest BCUT2D eigenvalue weighted by atomic mass is 9.98. The zero-order valence-corrected chi connectivity index (χ0v) is 20.6. The van der Waals surface area contributed by atoms with Crippen molar-refractivity contribution in [1.82, 2.24) is 4.72 Å². The van der Waals surface area contributed by atoms with Crippen LogP contribution in [0, 0.1) is 6.92 Å². The zero-order valence-electron chi connectivity index (χ0n) is 19.7. The lowest BCUT2D eigenvalue weighted by molar-refractivity contribution is 0.101. The van der Waals surface area contributed by atoms with E-state index in [0.29, 0.717) is 22.5 Å². The highest BCUT2D eigenvalue weighted by Crippen LogP contribution is 2.27. The number of aryl methyl sites for hydroxylation is 1. The number of hydrogen-bond donors (Lipinski definition) is 3. The van der Waals surface area contributed by atoms with Crippen LogP contribution in [-0.4, -0.2) is 26.5 Å². The Bertz CT molecular complexity index is 1480. The van der Waals surface area contributed by atoms with Crippen molar-refractivity contribution in [3.8, 4) is 11.1 Å². The average Bonchev–Trinajstić information content (AvgIpc) is 3.40. The van der Waals surface area contributed by atoms with Crippen LogP contribution in [0.4, 0.5) is 11.4 Å². The third-order valence-corrected chi connectivity index (χ3v) is 6.16. The molecule has 0 radical (unpaired) electrons.